The first-order valence-corrected chi connectivity index (χ1v) is 18.3. The summed E-state index contributed by atoms with van der Waals surface area (Å²) in [4.78, 5) is 40.5. The lowest BCUT2D eigenvalue weighted by Gasteiger charge is -2.23. The van der Waals surface area contributed by atoms with Crippen molar-refractivity contribution in [1.82, 2.24) is 34.1 Å². The van der Waals surface area contributed by atoms with Crippen molar-refractivity contribution < 1.29 is 37.1 Å². The van der Waals surface area contributed by atoms with Crippen LogP contribution in [-0.4, -0.2) is 70.5 Å². The van der Waals surface area contributed by atoms with E-state index in [-0.39, 0.29) is 36.0 Å². The normalized spacial score (nSPS) is 27.1. The maximum atomic E-state index is 13.3. The monoisotopic (exact) mass is 675 g/mol. The van der Waals surface area contributed by atoms with Crippen LogP contribution in [0.2, 0.25) is 0 Å². The first kappa shape index (κ1) is 30.5. The molecule has 7 atom stereocenters. The van der Waals surface area contributed by atoms with E-state index in [0.717, 1.165) is 0 Å². The van der Waals surface area contributed by atoms with Crippen LogP contribution in [0.15, 0.2) is 29.7 Å². The van der Waals surface area contributed by atoms with Crippen LogP contribution in [0.25, 0.3) is 22.2 Å². The van der Waals surface area contributed by atoms with Gasteiger partial charge in [0.1, 0.15) is 42.5 Å². The molecule has 2 fully saturated rings. The lowest BCUT2D eigenvalue weighted by Crippen LogP contribution is -2.28. The van der Waals surface area contributed by atoms with Crippen LogP contribution < -0.4 is 17.0 Å². The number of thiol groups is 2. The van der Waals surface area contributed by atoms with Crippen LogP contribution in [-0.2, 0) is 32.2 Å². The van der Waals surface area contributed by atoms with Gasteiger partial charge in [0.2, 0.25) is 5.95 Å². The second kappa shape index (κ2) is 11.8. The molecule has 43 heavy (non-hydrogen) atoms. The highest BCUT2D eigenvalue weighted by Gasteiger charge is 2.43. The molecule has 0 aliphatic carbocycles. The summed E-state index contributed by atoms with van der Waals surface area (Å²) in [5, 5.41) is 0.603. The van der Waals surface area contributed by atoms with Crippen LogP contribution in [0.5, 0.6) is 0 Å². The topological polar surface area (TPSA) is 247 Å². The van der Waals surface area contributed by atoms with Gasteiger partial charge in [0.05, 0.1) is 31.0 Å². The number of nitrogens with zero attached hydrogens (tertiary/aromatic N) is 6. The Hall–Kier alpha value is -2.51. The summed E-state index contributed by atoms with van der Waals surface area (Å²) >= 11 is 7.69. The van der Waals surface area contributed by atoms with Crippen molar-refractivity contribution in [3.05, 3.63) is 35.3 Å². The molecule has 4 aromatic heterocycles. The highest BCUT2D eigenvalue weighted by atomic mass is 32.7. The number of nitrogen functional groups attached to an aromatic ring is 2. The van der Waals surface area contributed by atoms with E-state index in [1.54, 1.807) is 21.4 Å². The van der Waals surface area contributed by atoms with E-state index in [4.69, 9.17) is 34.5 Å². The van der Waals surface area contributed by atoms with E-state index in [1.165, 1.54) is 12.7 Å². The van der Waals surface area contributed by atoms with E-state index in [9.17, 15) is 18.8 Å². The quantitative estimate of drug-likeness (QED) is 0.104. The Morgan fingerprint density at radius 1 is 1.07 bits per heavy atom. The van der Waals surface area contributed by atoms with Crippen LogP contribution in [0.4, 0.5) is 11.8 Å². The molecule has 232 valence electrons. The minimum Gasteiger partial charge on any atom is -0.383 e. The van der Waals surface area contributed by atoms with Crippen molar-refractivity contribution in [2.24, 2.45) is 0 Å². The number of aromatic nitrogens is 7. The Kier molecular flexibility index (Phi) is 8.36. The van der Waals surface area contributed by atoms with Gasteiger partial charge in [-0.1, -0.05) is 24.5 Å². The Balaban J connectivity index is 1.11. The number of imidazole rings is 1. The molecule has 22 heteroatoms. The molecule has 0 saturated carbocycles. The van der Waals surface area contributed by atoms with Gasteiger partial charge >= 0.3 is 13.6 Å². The molecule has 0 aromatic carbocycles. The summed E-state index contributed by atoms with van der Waals surface area (Å²) in [7, 11) is 0. The maximum absolute atomic E-state index is 13.3. The van der Waals surface area contributed by atoms with Crippen molar-refractivity contribution in [2.45, 2.75) is 50.0 Å². The van der Waals surface area contributed by atoms with Gasteiger partial charge in [-0.05, 0) is 18.9 Å². The Morgan fingerprint density at radius 2 is 1.88 bits per heavy atom. The average molecular weight is 676 g/mol. The third-order valence-corrected chi connectivity index (χ3v) is 9.45. The van der Waals surface area contributed by atoms with Gasteiger partial charge in [-0.15, -0.1) is 0 Å². The fourth-order valence-corrected chi connectivity index (χ4v) is 7.16. The zero-order valence-corrected chi connectivity index (χ0v) is 25.6. The lowest BCUT2D eigenvalue weighted by atomic mass is 10.2. The summed E-state index contributed by atoms with van der Waals surface area (Å²) in [5.41, 5.74) is 12.0. The van der Waals surface area contributed by atoms with Crippen molar-refractivity contribution in [3.63, 3.8) is 0 Å². The zero-order chi connectivity index (χ0) is 30.5. The highest BCUT2D eigenvalue weighted by molar-refractivity contribution is 8.44. The van der Waals surface area contributed by atoms with Crippen molar-refractivity contribution >= 4 is 72.1 Å². The molecule has 6 heterocycles. The van der Waals surface area contributed by atoms with Gasteiger partial charge < -0.3 is 30.4 Å². The minimum atomic E-state index is -4.15. The molecule has 4 aromatic rings. The Bertz CT molecular complexity index is 1810. The summed E-state index contributed by atoms with van der Waals surface area (Å²) in [6.45, 7) is -8.68. The molecule has 2 aliphatic heterocycles. The molecule has 0 radical (unpaired) electrons. The number of nitrogens with one attached hydrogen (secondary N) is 1. The first-order chi connectivity index (χ1) is 20.4. The minimum absolute atomic E-state index is 0.0503. The van der Waals surface area contributed by atoms with Crippen LogP contribution in [0, 0.1) is 0 Å². The first-order valence-electron chi connectivity index (χ1n) is 12.8. The SMILES string of the molecule is Nc1nc2c(ncn2[C@H]2CCC(COP(=O)(S)OC3C[C@H](n4ccc5c(N)ncnc54)O[C@@H]3COP(=O)(O)S)O2)c(=O)[nH]1. The maximum Gasteiger partial charge on any atom is 0.386 e. The lowest BCUT2D eigenvalue weighted by molar-refractivity contribution is -0.0388. The Labute approximate surface area is 252 Å². The molecule has 0 spiro atoms. The highest BCUT2D eigenvalue weighted by Crippen LogP contribution is 2.57. The van der Waals surface area contributed by atoms with Gasteiger partial charge in [-0.25, -0.2) is 24.1 Å². The third-order valence-electron chi connectivity index (χ3n) is 6.98. The molecular weight excluding hydrogens is 648 g/mol. The average Bonchev–Trinajstić information content (AvgIpc) is 3.71. The molecular formula is C21H27N9O9P2S2. The second-order valence-electron chi connectivity index (χ2n) is 9.84. The van der Waals surface area contributed by atoms with Gasteiger partial charge in [-0.2, -0.15) is 4.98 Å². The molecule has 2 saturated heterocycles. The van der Waals surface area contributed by atoms with Crippen LogP contribution in [0.1, 0.15) is 31.7 Å². The van der Waals surface area contributed by atoms with Crippen molar-refractivity contribution in [2.75, 3.05) is 24.7 Å². The van der Waals surface area contributed by atoms with E-state index >= 15 is 0 Å². The smallest absolute Gasteiger partial charge is 0.383 e. The third kappa shape index (κ3) is 6.63. The summed E-state index contributed by atoms with van der Waals surface area (Å²) in [6, 6.07) is 1.72. The summed E-state index contributed by atoms with van der Waals surface area (Å²) in [6.07, 6.45) is 2.11. The van der Waals surface area contributed by atoms with Crippen LogP contribution >= 0.6 is 38.1 Å². The molecule has 6 rings (SSSR count). The van der Waals surface area contributed by atoms with Gasteiger partial charge in [0.15, 0.2) is 11.2 Å². The summed E-state index contributed by atoms with van der Waals surface area (Å²) < 4.78 is 56.7. The number of ether oxygens (including phenoxy) is 2. The number of hydrogen-bond donors (Lipinski definition) is 6. The fraction of sp³-hybridized carbons (Fsp3) is 0.476. The van der Waals surface area contributed by atoms with Crippen molar-refractivity contribution in [3.8, 4) is 0 Å². The number of H-pyrrole nitrogens is 1. The number of anilines is 2. The Morgan fingerprint density at radius 3 is 2.67 bits per heavy atom. The van der Waals surface area contributed by atoms with Gasteiger partial charge in [-0.3, -0.25) is 27.9 Å². The van der Waals surface area contributed by atoms with Crippen molar-refractivity contribution in [1.29, 1.82) is 0 Å². The standard InChI is InChI=1S/C21H27N9O9P2S2/c22-17-11-3-4-29(18(11)25-8-24-17)15-5-12(13(38-15)7-35-40(32,33)42)39-41(34,43)36-6-10-1-2-14(37-10)30-9-26-16-19(30)27-21(23)28-20(16)31/h3-4,8-10,12-15H,1-2,5-7H2,(H,34,43)(H2,22,24,25)(H2,32,33,42)(H3,23,27,28,31)/t10?,12?,13-,14-,15-,41?/m1/s1. The number of hydrogen-bond acceptors (Lipinski definition) is 14. The second-order valence-corrected chi connectivity index (χ2v) is 15.5. The molecule has 18 nitrogen and oxygen atoms in total. The fourth-order valence-electron chi connectivity index (χ4n) is 5.07. The molecule has 0 amide bonds. The predicted octanol–water partition coefficient (Wildman–Crippen LogP) is 2.18. The number of aromatic amines is 1. The van der Waals surface area contributed by atoms with E-state index in [1.807, 2.05) is 0 Å². The summed E-state index contributed by atoms with van der Waals surface area (Å²) in [5.74, 6) is 0.233. The van der Waals surface area contributed by atoms with Crippen LogP contribution in [0.3, 0.4) is 0 Å². The molecule has 6 N–H and O–H groups in total. The number of rotatable bonds is 10. The van der Waals surface area contributed by atoms with Gasteiger partial charge in [0, 0.05) is 12.6 Å². The van der Waals surface area contributed by atoms with E-state index in [0.29, 0.717) is 23.9 Å². The van der Waals surface area contributed by atoms with Gasteiger partial charge in [0.25, 0.3) is 5.56 Å². The molecule has 4 unspecified atom stereocenters. The molecule has 0 bridgehead atoms. The predicted molar refractivity (Wildman–Crippen MR) is 158 cm³/mol. The number of nitrogens with two attached hydrogens (primary N) is 2. The zero-order valence-electron chi connectivity index (χ0n) is 22.1. The largest absolute Gasteiger partial charge is 0.386 e. The number of fused-ring (bicyclic) bond motifs is 2. The van der Waals surface area contributed by atoms with E-state index < -0.39 is 56.5 Å². The van der Waals surface area contributed by atoms with E-state index in [2.05, 4.69) is 49.4 Å². The molecule has 2 aliphatic rings.